The van der Waals surface area contributed by atoms with Crippen LogP contribution in [0, 0.1) is 0 Å². The molecule has 3 heterocycles. The number of carbonyl (C=O) groups excluding carboxylic acids is 1. The monoisotopic (exact) mass is 417 g/mol. The number of fused-ring (bicyclic) bond motifs is 1. The van der Waals surface area contributed by atoms with Crippen LogP contribution in [0.3, 0.4) is 0 Å². The lowest BCUT2D eigenvalue weighted by molar-refractivity contribution is 0.0985. The Balaban J connectivity index is 1.47. The number of hydrogen-bond acceptors (Lipinski definition) is 5. The summed E-state index contributed by atoms with van der Waals surface area (Å²) in [4.78, 5) is 16.3. The fourth-order valence-corrected chi connectivity index (χ4v) is 4.07. The van der Waals surface area contributed by atoms with Crippen molar-refractivity contribution < 1.29 is 14.3 Å². The van der Waals surface area contributed by atoms with Crippen LogP contribution in [-0.2, 0) is 6.54 Å². The largest absolute Gasteiger partial charge is 0.486 e. The molecule has 150 valence electrons. The molecule has 4 aromatic rings. The minimum absolute atomic E-state index is 0.0768. The summed E-state index contributed by atoms with van der Waals surface area (Å²) in [5.41, 5.74) is 2.28. The number of anilines is 1. The van der Waals surface area contributed by atoms with E-state index >= 15 is 0 Å². The van der Waals surface area contributed by atoms with E-state index in [1.165, 1.54) is 0 Å². The molecule has 30 heavy (non-hydrogen) atoms. The Kier molecular flexibility index (Phi) is 4.94. The summed E-state index contributed by atoms with van der Waals surface area (Å²) in [5.74, 6) is 1.29. The van der Waals surface area contributed by atoms with E-state index in [0.29, 0.717) is 36.8 Å². The normalized spacial score (nSPS) is 12.5. The topological polar surface area (TPSA) is 56.6 Å². The first-order chi connectivity index (χ1) is 14.8. The zero-order valence-electron chi connectivity index (χ0n) is 16.1. The number of thiophene rings is 1. The Hall–Kier alpha value is -3.58. The summed E-state index contributed by atoms with van der Waals surface area (Å²) in [6, 6.07) is 19.0. The SMILES string of the molecule is O=C(c1ccc(-n2cccn2)cc1)N(Cc1cccs1)c1ccc2c(c1)OCCO2. The second kappa shape index (κ2) is 8.04. The van der Waals surface area contributed by atoms with Gasteiger partial charge < -0.3 is 14.4 Å². The van der Waals surface area contributed by atoms with E-state index in [2.05, 4.69) is 5.10 Å². The minimum atomic E-state index is -0.0768. The zero-order chi connectivity index (χ0) is 20.3. The summed E-state index contributed by atoms with van der Waals surface area (Å²) in [7, 11) is 0. The Morgan fingerprint density at radius 3 is 2.60 bits per heavy atom. The van der Waals surface area contributed by atoms with Crippen molar-refractivity contribution in [1.29, 1.82) is 0 Å². The molecule has 1 aliphatic rings. The van der Waals surface area contributed by atoms with Crippen LogP contribution in [-0.4, -0.2) is 28.9 Å². The van der Waals surface area contributed by atoms with E-state index in [1.807, 2.05) is 72.2 Å². The van der Waals surface area contributed by atoms with Gasteiger partial charge in [0.2, 0.25) is 0 Å². The molecule has 0 fully saturated rings. The van der Waals surface area contributed by atoms with Crippen LogP contribution in [0.2, 0.25) is 0 Å². The van der Waals surface area contributed by atoms with Gasteiger partial charge in [-0.1, -0.05) is 6.07 Å². The first-order valence-electron chi connectivity index (χ1n) is 9.62. The lowest BCUT2D eigenvalue weighted by Crippen LogP contribution is -2.30. The maximum Gasteiger partial charge on any atom is 0.258 e. The molecule has 0 atom stereocenters. The van der Waals surface area contributed by atoms with Gasteiger partial charge in [0.05, 0.1) is 12.2 Å². The zero-order valence-corrected chi connectivity index (χ0v) is 16.9. The molecule has 0 N–H and O–H groups in total. The van der Waals surface area contributed by atoms with Crippen molar-refractivity contribution in [3.63, 3.8) is 0 Å². The molecular weight excluding hydrogens is 398 g/mol. The van der Waals surface area contributed by atoms with E-state index in [4.69, 9.17) is 9.47 Å². The third kappa shape index (κ3) is 3.67. The Morgan fingerprint density at radius 1 is 1.03 bits per heavy atom. The second-order valence-electron chi connectivity index (χ2n) is 6.80. The van der Waals surface area contributed by atoms with Crippen molar-refractivity contribution in [1.82, 2.24) is 9.78 Å². The highest BCUT2D eigenvalue weighted by Gasteiger charge is 2.21. The highest BCUT2D eigenvalue weighted by Crippen LogP contribution is 2.35. The number of ether oxygens (including phenoxy) is 2. The third-order valence-corrected chi connectivity index (χ3v) is 5.72. The van der Waals surface area contributed by atoms with E-state index in [-0.39, 0.29) is 5.91 Å². The molecule has 0 spiro atoms. The van der Waals surface area contributed by atoms with E-state index in [9.17, 15) is 4.79 Å². The average molecular weight is 417 g/mol. The summed E-state index contributed by atoms with van der Waals surface area (Å²) in [5, 5.41) is 6.25. The minimum Gasteiger partial charge on any atom is -0.486 e. The predicted molar refractivity (Wildman–Crippen MR) is 116 cm³/mol. The van der Waals surface area contributed by atoms with Crippen molar-refractivity contribution in [2.75, 3.05) is 18.1 Å². The molecule has 1 amide bonds. The molecule has 0 unspecified atom stereocenters. The van der Waals surface area contributed by atoms with Crippen molar-refractivity contribution in [2.24, 2.45) is 0 Å². The van der Waals surface area contributed by atoms with Crippen molar-refractivity contribution in [3.05, 3.63) is 88.9 Å². The summed E-state index contributed by atoms with van der Waals surface area (Å²) in [6.45, 7) is 1.52. The molecule has 2 aromatic carbocycles. The molecule has 2 aromatic heterocycles. The summed E-state index contributed by atoms with van der Waals surface area (Å²) >= 11 is 1.63. The van der Waals surface area contributed by atoms with E-state index < -0.39 is 0 Å². The first kappa shape index (κ1) is 18.4. The molecule has 5 rings (SSSR count). The maximum atomic E-state index is 13.5. The fourth-order valence-electron chi connectivity index (χ4n) is 3.37. The molecule has 0 saturated heterocycles. The Bertz CT molecular complexity index is 1140. The molecule has 0 aliphatic carbocycles. The molecule has 1 aliphatic heterocycles. The molecular formula is C23H19N3O3S. The van der Waals surface area contributed by atoms with Gasteiger partial charge in [-0.15, -0.1) is 11.3 Å². The molecule has 0 saturated carbocycles. The van der Waals surface area contributed by atoms with Gasteiger partial charge in [0.25, 0.3) is 5.91 Å². The van der Waals surface area contributed by atoms with Gasteiger partial charge in [-0.3, -0.25) is 4.79 Å². The van der Waals surface area contributed by atoms with Gasteiger partial charge >= 0.3 is 0 Å². The van der Waals surface area contributed by atoms with Crippen LogP contribution >= 0.6 is 11.3 Å². The van der Waals surface area contributed by atoms with Crippen molar-refractivity contribution in [2.45, 2.75) is 6.54 Å². The number of carbonyl (C=O) groups is 1. The van der Waals surface area contributed by atoms with Gasteiger partial charge in [0.1, 0.15) is 13.2 Å². The third-order valence-electron chi connectivity index (χ3n) is 4.86. The maximum absolute atomic E-state index is 13.5. The van der Waals surface area contributed by atoms with Crippen LogP contribution in [0.25, 0.3) is 5.69 Å². The molecule has 0 bridgehead atoms. The average Bonchev–Trinajstić information content (AvgIpc) is 3.51. The quantitative estimate of drug-likeness (QED) is 0.478. The number of aromatic nitrogens is 2. The van der Waals surface area contributed by atoms with Crippen LogP contribution < -0.4 is 14.4 Å². The lowest BCUT2D eigenvalue weighted by Gasteiger charge is -2.25. The van der Waals surface area contributed by atoms with Crippen LogP contribution in [0.5, 0.6) is 11.5 Å². The van der Waals surface area contributed by atoms with E-state index in [0.717, 1.165) is 16.3 Å². The van der Waals surface area contributed by atoms with Crippen LogP contribution in [0.15, 0.2) is 78.4 Å². The highest BCUT2D eigenvalue weighted by atomic mass is 32.1. The van der Waals surface area contributed by atoms with Crippen LogP contribution in [0.4, 0.5) is 5.69 Å². The molecule has 6 nitrogen and oxygen atoms in total. The highest BCUT2D eigenvalue weighted by molar-refractivity contribution is 7.09. The fraction of sp³-hybridized carbons (Fsp3) is 0.130. The standard InChI is InChI=1S/C23H19N3O3S/c27-23(17-4-6-18(7-5-17)26-11-2-10-24-26)25(16-20-3-1-14-30-20)19-8-9-21-22(15-19)29-13-12-28-21/h1-11,14-15H,12-13,16H2. The predicted octanol–water partition coefficient (Wildman–Crippen LogP) is 4.55. The van der Waals surface area contributed by atoms with Gasteiger partial charge in [0, 0.05) is 34.6 Å². The second-order valence-corrected chi connectivity index (χ2v) is 7.83. The van der Waals surface area contributed by atoms with Gasteiger partial charge in [-0.05, 0) is 53.9 Å². The number of rotatable bonds is 5. The van der Waals surface area contributed by atoms with E-state index in [1.54, 1.807) is 27.1 Å². The number of hydrogen-bond donors (Lipinski definition) is 0. The number of nitrogens with zero attached hydrogens (tertiary/aromatic N) is 3. The van der Waals surface area contributed by atoms with Crippen LogP contribution in [0.1, 0.15) is 15.2 Å². The first-order valence-corrected chi connectivity index (χ1v) is 10.5. The molecule has 7 heteroatoms. The van der Waals surface area contributed by atoms with Crippen molar-refractivity contribution in [3.8, 4) is 17.2 Å². The number of benzene rings is 2. The van der Waals surface area contributed by atoms with Gasteiger partial charge in [-0.25, -0.2) is 4.68 Å². The lowest BCUT2D eigenvalue weighted by atomic mass is 10.1. The summed E-state index contributed by atoms with van der Waals surface area (Å²) < 4.78 is 13.1. The molecule has 0 radical (unpaired) electrons. The van der Waals surface area contributed by atoms with Gasteiger partial charge in [-0.2, -0.15) is 5.10 Å². The Labute approximate surface area is 177 Å². The van der Waals surface area contributed by atoms with Crippen molar-refractivity contribution >= 4 is 22.9 Å². The smallest absolute Gasteiger partial charge is 0.258 e. The Morgan fingerprint density at radius 2 is 1.87 bits per heavy atom. The van der Waals surface area contributed by atoms with Gasteiger partial charge in [0.15, 0.2) is 11.5 Å². The summed E-state index contributed by atoms with van der Waals surface area (Å²) in [6.07, 6.45) is 3.60. The number of amides is 1.